The van der Waals surface area contributed by atoms with Crippen LogP contribution in [-0.4, -0.2) is 78.1 Å². The Morgan fingerprint density at radius 2 is 2.03 bits per heavy atom. The molecule has 0 spiro atoms. The first-order valence-electron chi connectivity index (χ1n) is 11.5. The molecule has 1 aromatic rings. The molecule has 1 amide bonds. The van der Waals surface area contributed by atoms with E-state index in [1.807, 2.05) is 30.4 Å². The molecule has 3 aliphatic rings. The molecule has 0 aromatic heterocycles. The zero-order valence-corrected chi connectivity index (χ0v) is 18.8. The summed E-state index contributed by atoms with van der Waals surface area (Å²) in [5, 5.41) is 19.5. The van der Waals surface area contributed by atoms with Crippen LogP contribution < -0.4 is 0 Å². The lowest BCUT2D eigenvalue weighted by molar-refractivity contribution is -0.126. The molecule has 2 aliphatic heterocycles. The third-order valence-electron chi connectivity index (χ3n) is 6.55. The topological polar surface area (TPSA) is 70.8 Å². The van der Waals surface area contributed by atoms with Gasteiger partial charge in [0.1, 0.15) is 0 Å². The molecule has 4 rings (SSSR count). The summed E-state index contributed by atoms with van der Waals surface area (Å²) in [6.07, 6.45) is 9.78. The van der Waals surface area contributed by atoms with Crippen LogP contribution in [0.25, 0.3) is 5.57 Å². The van der Waals surface area contributed by atoms with Gasteiger partial charge in [-0.3, -0.25) is 9.69 Å². The molecule has 6 nitrogen and oxygen atoms in total. The van der Waals surface area contributed by atoms with Crippen LogP contribution in [0.4, 0.5) is 0 Å². The molecule has 1 unspecified atom stereocenters. The molecule has 1 atom stereocenters. The highest BCUT2D eigenvalue weighted by Gasteiger charge is 2.26. The Morgan fingerprint density at radius 1 is 1.16 bits per heavy atom. The predicted molar refractivity (Wildman–Crippen MR) is 126 cm³/mol. The van der Waals surface area contributed by atoms with Gasteiger partial charge in [0.15, 0.2) is 0 Å². The summed E-state index contributed by atoms with van der Waals surface area (Å²) in [7, 11) is 2.17. The van der Waals surface area contributed by atoms with Crippen molar-refractivity contribution in [3.63, 3.8) is 0 Å². The maximum atomic E-state index is 12.8. The van der Waals surface area contributed by atoms with Gasteiger partial charge >= 0.3 is 0 Å². The van der Waals surface area contributed by atoms with Gasteiger partial charge in [-0.05, 0) is 68.2 Å². The van der Waals surface area contributed by atoms with Crippen LogP contribution in [0.15, 0.2) is 48.1 Å². The smallest absolute Gasteiger partial charge is 0.253 e. The van der Waals surface area contributed by atoms with Gasteiger partial charge in [-0.2, -0.15) is 5.26 Å². The summed E-state index contributed by atoms with van der Waals surface area (Å²) in [5.74, 6) is -0.0357. The molecule has 1 aromatic carbocycles. The number of hydrogen-bond donors (Lipinski definition) is 1. The number of likely N-dealkylation sites (N-methyl/N-ethyl adjacent to an activating group) is 1. The number of aliphatic hydroxyl groups excluding tert-OH is 1. The lowest BCUT2D eigenvalue weighted by atomic mass is 9.97. The number of nitrogens with zero attached hydrogens (tertiary/aromatic N) is 4. The SMILES string of the molecule is CN1CCCN(Cc2ccc(C3=CCC=C(C(=O)N4CCC(O)C4)C=C3)c(C#N)c2)CC1. The summed E-state index contributed by atoms with van der Waals surface area (Å²) in [5.41, 5.74) is 4.34. The molecule has 0 radical (unpaired) electrons. The first-order valence-corrected chi connectivity index (χ1v) is 11.5. The fraction of sp³-hybridized carbons (Fsp3) is 0.462. The largest absolute Gasteiger partial charge is 0.391 e. The molecule has 2 saturated heterocycles. The Kier molecular flexibility index (Phi) is 7.21. The average Bonchev–Trinajstić information content (AvgIpc) is 2.97. The van der Waals surface area contributed by atoms with E-state index in [2.05, 4.69) is 35.1 Å². The fourth-order valence-electron chi connectivity index (χ4n) is 4.65. The lowest BCUT2D eigenvalue weighted by Gasteiger charge is -2.20. The van der Waals surface area contributed by atoms with Crippen LogP contribution >= 0.6 is 0 Å². The molecule has 168 valence electrons. The number of carbonyl (C=O) groups is 1. The first-order chi connectivity index (χ1) is 15.5. The first kappa shape index (κ1) is 22.5. The maximum absolute atomic E-state index is 12.8. The van der Waals surface area contributed by atoms with Crippen molar-refractivity contribution in [2.45, 2.75) is 31.9 Å². The van der Waals surface area contributed by atoms with Gasteiger partial charge < -0.3 is 14.9 Å². The van der Waals surface area contributed by atoms with Gasteiger partial charge in [-0.1, -0.05) is 30.4 Å². The molecular formula is C26H32N4O2. The zero-order chi connectivity index (χ0) is 22.5. The van der Waals surface area contributed by atoms with Gasteiger partial charge in [0, 0.05) is 38.3 Å². The standard InChI is InChI=1S/C26H32N4O2/c1-28-11-3-12-29(15-14-28)18-20-6-9-25(23(16-20)17-27)21-4-2-5-22(8-7-21)26(32)30-13-10-24(31)19-30/h4-9,16,24,31H,2-3,10-15,18-19H2,1H3. The molecular weight excluding hydrogens is 400 g/mol. The van der Waals surface area contributed by atoms with Gasteiger partial charge in [-0.15, -0.1) is 0 Å². The van der Waals surface area contributed by atoms with Crippen molar-refractivity contribution in [3.8, 4) is 6.07 Å². The van der Waals surface area contributed by atoms with E-state index in [9.17, 15) is 15.2 Å². The summed E-state index contributed by atoms with van der Waals surface area (Å²) < 4.78 is 0. The van der Waals surface area contributed by atoms with Crippen LogP contribution in [-0.2, 0) is 11.3 Å². The molecule has 2 fully saturated rings. The monoisotopic (exact) mass is 432 g/mol. The van der Waals surface area contributed by atoms with Crippen molar-refractivity contribution in [2.75, 3.05) is 46.3 Å². The van der Waals surface area contributed by atoms with E-state index < -0.39 is 6.10 Å². The van der Waals surface area contributed by atoms with Gasteiger partial charge in [0.2, 0.25) is 0 Å². The number of benzene rings is 1. The summed E-state index contributed by atoms with van der Waals surface area (Å²) in [4.78, 5) is 19.3. The van der Waals surface area contributed by atoms with E-state index in [1.54, 1.807) is 4.90 Å². The second-order valence-corrected chi connectivity index (χ2v) is 9.01. The van der Waals surface area contributed by atoms with Crippen LogP contribution in [0.2, 0.25) is 0 Å². The summed E-state index contributed by atoms with van der Waals surface area (Å²) >= 11 is 0. The number of hydrogen-bond acceptors (Lipinski definition) is 5. The van der Waals surface area contributed by atoms with Crippen LogP contribution in [0.3, 0.4) is 0 Å². The highest BCUT2D eigenvalue weighted by Crippen LogP contribution is 2.26. The number of rotatable bonds is 4. The van der Waals surface area contributed by atoms with Crippen molar-refractivity contribution in [1.29, 1.82) is 5.26 Å². The second-order valence-electron chi connectivity index (χ2n) is 9.01. The third kappa shape index (κ3) is 5.36. The highest BCUT2D eigenvalue weighted by molar-refractivity contribution is 5.97. The molecule has 0 saturated carbocycles. The molecule has 6 heteroatoms. The minimum absolute atomic E-state index is 0.0357. The highest BCUT2D eigenvalue weighted by atomic mass is 16.3. The zero-order valence-electron chi connectivity index (χ0n) is 18.8. The van der Waals surface area contributed by atoms with E-state index in [-0.39, 0.29) is 5.91 Å². The van der Waals surface area contributed by atoms with Crippen LogP contribution in [0.1, 0.15) is 36.0 Å². The second kappa shape index (κ2) is 10.3. The number of carbonyl (C=O) groups excluding carboxylic acids is 1. The predicted octanol–water partition coefficient (Wildman–Crippen LogP) is 2.56. The minimum atomic E-state index is -0.421. The van der Waals surface area contributed by atoms with E-state index in [0.29, 0.717) is 37.1 Å². The van der Waals surface area contributed by atoms with Crippen LogP contribution in [0, 0.1) is 11.3 Å². The van der Waals surface area contributed by atoms with E-state index in [1.165, 1.54) is 6.42 Å². The van der Waals surface area contributed by atoms with Crippen molar-refractivity contribution in [1.82, 2.24) is 14.7 Å². The summed E-state index contributed by atoms with van der Waals surface area (Å²) in [6.45, 7) is 6.19. The van der Waals surface area contributed by atoms with E-state index in [0.717, 1.165) is 49.4 Å². The Hall–Kier alpha value is -2.72. The number of allylic oxidation sites excluding steroid dienone is 4. The van der Waals surface area contributed by atoms with Crippen molar-refractivity contribution in [2.24, 2.45) is 0 Å². The number of nitriles is 1. The Morgan fingerprint density at radius 3 is 2.81 bits per heavy atom. The molecule has 0 bridgehead atoms. The third-order valence-corrected chi connectivity index (χ3v) is 6.55. The fourth-order valence-corrected chi connectivity index (χ4v) is 4.65. The number of likely N-dealkylation sites (tertiary alicyclic amines) is 1. The lowest BCUT2D eigenvalue weighted by Crippen LogP contribution is -2.30. The van der Waals surface area contributed by atoms with Crippen molar-refractivity contribution < 1.29 is 9.90 Å². The molecule has 32 heavy (non-hydrogen) atoms. The molecule has 2 heterocycles. The number of amides is 1. The van der Waals surface area contributed by atoms with Crippen LogP contribution in [0.5, 0.6) is 0 Å². The van der Waals surface area contributed by atoms with Gasteiger partial charge in [0.05, 0.1) is 17.7 Å². The van der Waals surface area contributed by atoms with Gasteiger partial charge in [0.25, 0.3) is 5.91 Å². The Bertz CT molecular complexity index is 988. The molecule has 1 aliphatic carbocycles. The van der Waals surface area contributed by atoms with Gasteiger partial charge in [-0.25, -0.2) is 0 Å². The average molecular weight is 433 g/mol. The van der Waals surface area contributed by atoms with E-state index >= 15 is 0 Å². The van der Waals surface area contributed by atoms with Crippen molar-refractivity contribution in [3.05, 3.63) is 64.8 Å². The number of aliphatic hydroxyl groups is 1. The molecule has 1 N–H and O–H groups in total. The van der Waals surface area contributed by atoms with Crippen molar-refractivity contribution >= 4 is 11.5 Å². The Labute approximate surface area is 190 Å². The normalized spacial score (nSPS) is 22.7. The minimum Gasteiger partial charge on any atom is -0.391 e. The number of β-amino-alcohol motifs (C(OH)–C–C–N with tert-alkyl or cyclic N) is 1. The van der Waals surface area contributed by atoms with E-state index in [4.69, 9.17) is 0 Å². The Balaban J connectivity index is 1.46. The quantitative estimate of drug-likeness (QED) is 0.792. The maximum Gasteiger partial charge on any atom is 0.253 e. The summed E-state index contributed by atoms with van der Waals surface area (Å²) in [6, 6.07) is 8.54.